The molecule has 0 saturated carbocycles. The monoisotopic (exact) mass is 356 g/mol. The number of hydrogen-bond donors (Lipinski definition) is 1. The normalized spacial score (nSPS) is 14.1. The second kappa shape index (κ2) is 8.19. The Balaban J connectivity index is 1.50. The number of nitrogens with one attached hydrogen (secondary N) is 1. The maximum atomic E-state index is 12.6. The van der Waals surface area contributed by atoms with Crippen molar-refractivity contribution in [2.75, 3.05) is 26.2 Å². The van der Waals surface area contributed by atoms with E-state index in [1.54, 1.807) is 0 Å². The van der Waals surface area contributed by atoms with Crippen molar-refractivity contribution in [2.24, 2.45) is 0 Å². The fraction of sp³-hybridized carbons (Fsp3) is 0.208. The number of rotatable bonds is 4. The molecule has 0 bridgehead atoms. The van der Waals surface area contributed by atoms with Crippen LogP contribution in [0.5, 0.6) is 0 Å². The van der Waals surface area contributed by atoms with Crippen molar-refractivity contribution in [1.29, 1.82) is 0 Å². The first kappa shape index (κ1) is 17.5. The lowest BCUT2D eigenvalue weighted by Gasteiger charge is -2.27. The highest BCUT2D eigenvalue weighted by atomic mass is 16.2. The van der Waals surface area contributed by atoms with Crippen molar-refractivity contribution in [1.82, 2.24) is 10.2 Å². The van der Waals surface area contributed by atoms with E-state index in [9.17, 15) is 4.79 Å². The fourth-order valence-corrected chi connectivity index (χ4v) is 3.55. The largest absolute Gasteiger partial charge is 0.336 e. The van der Waals surface area contributed by atoms with Crippen molar-refractivity contribution in [2.45, 2.75) is 6.42 Å². The molecule has 1 saturated heterocycles. The lowest BCUT2D eigenvalue weighted by atomic mass is 9.98. The second-order valence-corrected chi connectivity index (χ2v) is 6.98. The van der Waals surface area contributed by atoms with Crippen LogP contribution in [-0.2, 0) is 6.42 Å². The van der Waals surface area contributed by atoms with E-state index in [0.29, 0.717) is 0 Å². The molecule has 1 amide bonds. The Labute approximate surface area is 160 Å². The van der Waals surface area contributed by atoms with Crippen LogP contribution in [0.3, 0.4) is 0 Å². The Morgan fingerprint density at radius 3 is 2.22 bits per heavy atom. The molecule has 3 aromatic rings. The maximum Gasteiger partial charge on any atom is 0.253 e. The Morgan fingerprint density at radius 1 is 0.778 bits per heavy atom. The van der Waals surface area contributed by atoms with E-state index in [1.165, 1.54) is 16.7 Å². The number of carbonyl (C=O) groups excluding carboxylic acids is 1. The smallest absolute Gasteiger partial charge is 0.253 e. The van der Waals surface area contributed by atoms with Gasteiger partial charge in [-0.2, -0.15) is 0 Å². The van der Waals surface area contributed by atoms with Gasteiger partial charge in [0.1, 0.15) is 0 Å². The number of amides is 1. The van der Waals surface area contributed by atoms with Crippen LogP contribution in [-0.4, -0.2) is 37.0 Å². The predicted molar refractivity (Wildman–Crippen MR) is 110 cm³/mol. The summed E-state index contributed by atoms with van der Waals surface area (Å²) >= 11 is 0. The third-order valence-electron chi connectivity index (χ3n) is 5.05. The molecular formula is C24H24N2O. The van der Waals surface area contributed by atoms with E-state index < -0.39 is 0 Å². The van der Waals surface area contributed by atoms with Crippen LogP contribution in [0.15, 0.2) is 78.9 Å². The van der Waals surface area contributed by atoms with Crippen LogP contribution in [0.1, 0.15) is 21.5 Å². The molecule has 4 rings (SSSR count). The maximum absolute atomic E-state index is 12.6. The van der Waals surface area contributed by atoms with E-state index in [-0.39, 0.29) is 5.91 Å². The molecule has 1 heterocycles. The Bertz CT molecular complexity index is 897. The lowest BCUT2D eigenvalue weighted by molar-refractivity contribution is 0.0736. The minimum Gasteiger partial charge on any atom is -0.336 e. The van der Waals surface area contributed by atoms with Crippen LogP contribution in [0.25, 0.3) is 11.1 Å². The molecule has 0 spiro atoms. The van der Waals surface area contributed by atoms with Crippen LogP contribution >= 0.6 is 0 Å². The Hall–Kier alpha value is -2.91. The standard InChI is InChI=1S/C24H24N2O/c27-24(26-15-13-25-14-16-26)22-11-9-21(10-12-22)23-8-4-7-20(18-23)17-19-5-2-1-3-6-19/h1-12,18,25H,13-17H2. The van der Waals surface area contributed by atoms with Crippen molar-refractivity contribution in [3.8, 4) is 11.1 Å². The van der Waals surface area contributed by atoms with Crippen LogP contribution in [0.4, 0.5) is 0 Å². The van der Waals surface area contributed by atoms with Gasteiger partial charge in [-0.05, 0) is 40.8 Å². The molecule has 0 unspecified atom stereocenters. The molecular weight excluding hydrogens is 332 g/mol. The van der Waals surface area contributed by atoms with Gasteiger partial charge in [0.25, 0.3) is 5.91 Å². The zero-order valence-corrected chi connectivity index (χ0v) is 15.4. The summed E-state index contributed by atoms with van der Waals surface area (Å²) in [6, 6.07) is 27.1. The molecule has 1 fully saturated rings. The van der Waals surface area contributed by atoms with E-state index in [1.807, 2.05) is 23.1 Å². The second-order valence-electron chi connectivity index (χ2n) is 6.98. The summed E-state index contributed by atoms with van der Waals surface area (Å²) in [7, 11) is 0. The first-order valence-corrected chi connectivity index (χ1v) is 9.53. The highest BCUT2D eigenvalue weighted by Gasteiger charge is 2.17. The van der Waals surface area contributed by atoms with E-state index in [4.69, 9.17) is 0 Å². The summed E-state index contributed by atoms with van der Waals surface area (Å²) < 4.78 is 0. The SMILES string of the molecule is O=C(c1ccc(-c2cccc(Cc3ccccc3)c2)cc1)N1CCNCC1. The molecule has 3 aromatic carbocycles. The van der Waals surface area contributed by atoms with Gasteiger partial charge in [-0.25, -0.2) is 0 Å². The number of hydrogen-bond acceptors (Lipinski definition) is 2. The molecule has 1 aliphatic heterocycles. The lowest BCUT2D eigenvalue weighted by Crippen LogP contribution is -2.46. The molecule has 0 atom stereocenters. The summed E-state index contributed by atoms with van der Waals surface area (Å²) in [6.07, 6.45) is 0.925. The molecule has 27 heavy (non-hydrogen) atoms. The molecule has 0 aromatic heterocycles. The van der Waals surface area contributed by atoms with Crippen LogP contribution in [0.2, 0.25) is 0 Å². The van der Waals surface area contributed by atoms with Gasteiger partial charge in [0, 0.05) is 31.7 Å². The van der Waals surface area contributed by atoms with Gasteiger partial charge in [0.05, 0.1) is 0 Å². The van der Waals surface area contributed by atoms with Gasteiger partial charge in [0.2, 0.25) is 0 Å². The third-order valence-corrected chi connectivity index (χ3v) is 5.05. The average Bonchev–Trinajstić information content (AvgIpc) is 2.75. The zero-order valence-electron chi connectivity index (χ0n) is 15.4. The molecule has 136 valence electrons. The molecule has 1 N–H and O–H groups in total. The van der Waals surface area contributed by atoms with E-state index in [0.717, 1.165) is 43.7 Å². The van der Waals surface area contributed by atoms with Crippen molar-refractivity contribution < 1.29 is 4.79 Å². The van der Waals surface area contributed by atoms with Gasteiger partial charge >= 0.3 is 0 Å². The summed E-state index contributed by atoms with van der Waals surface area (Å²) in [5.74, 6) is 0.126. The van der Waals surface area contributed by atoms with Gasteiger partial charge in [0.15, 0.2) is 0 Å². The molecule has 0 aliphatic carbocycles. The fourth-order valence-electron chi connectivity index (χ4n) is 3.55. The van der Waals surface area contributed by atoms with Crippen molar-refractivity contribution >= 4 is 5.91 Å². The third kappa shape index (κ3) is 4.26. The highest BCUT2D eigenvalue weighted by Crippen LogP contribution is 2.23. The zero-order chi connectivity index (χ0) is 18.5. The molecule has 1 aliphatic rings. The van der Waals surface area contributed by atoms with Gasteiger partial charge < -0.3 is 10.2 Å². The molecule has 3 nitrogen and oxygen atoms in total. The number of benzene rings is 3. The summed E-state index contributed by atoms with van der Waals surface area (Å²) in [5, 5.41) is 3.28. The predicted octanol–water partition coefficient (Wildman–Crippen LogP) is 3.99. The number of piperazine rings is 1. The average molecular weight is 356 g/mol. The van der Waals surface area contributed by atoms with Crippen molar-refractivity contribution in [3.05, 3.63) is 95.6 Å². The van der Waals surface area contributed by atoms with E-state index >= 15 is 0 Å². The summed E-state index contributed by atoms with van der Waals surface area (Å²) in [6.45, 7) is 3.31. The Morgan fingerprint density at radius 2 is 1.48 bits per heavy atom. The highest BCUT2D eigenvalue weighted by molar-refractivity contribution is 5.94. The van der Waals surface area contributed by atoms with Crippen LogP contribution < -0.4 is 5.32 Å². The molecule has 3 heteroatoms. The minimum atomic E-state index is 0.126. The van der Waals surface area contributed by atoms with Crippen molar-refractivity contribution in [3.63, 3.8) is 0 Å². The van der Waals surface area contributed by atoms with Gasteiger partial charge in [-0.15, -0.1) is 0 Å². The van der Waals surface area contributed by atoms with Crippen LogP contribution in [0, 0.1) is 0 Å². The number of nitrogens with zero attached hydrogens (tertiary/aromatic N) is 1. The number of carbonyl (C=O) groups is 1. The van der Waals surface area contributed by atoms with Gasteiger partial charge in [-0.1, -0.05) is 66.7 Å². The minimum absolute atomic E-state index is 0.126. The van der Waals surface area contributed by atoms with Gasteiger partial charge in [-0.3, -0.25) is 4.79 Å². The Kier molecular flexibility index (Phi) is 5.31. The quantitative estimate of drug-likeness (QED) is 0.767. The van der Waals surface area contributed by atoms with E-state index in [2.05, 4.69) is 66.0 Å². The summed E-state index contributed by atoms with van der Waals surface area (Å²) in [4.78, 5) is 14.5. The first-order chi connectivity index (χ1) is 13.3. The topological polar surface area (TPSA) is 32.3 Å². The first-order valence-electron chi connectivity index (χ1n) is 9.53. The molecule has 0 radical (unpaired) electrons. The summed E-state index contributed by atoms with van der Waals surface area (Å²) in [5.41, 5.74) is 5.69.